The molecule has 0 bridgehead atoms. The molecule has 0 unspecified atom stereocenters. The van der Waals surface area contributed by atoms with Crippen LogP contribution in [0.3, 0.4) is 0 Å². The quantitative estimate of drug-likeness (QED) is 0.902. The van der Waals surface area contributed by atoms with E-state index in [1.165, 1.54) is 4.88 Å². The summed E-state index contributed by atoms with van der Waals surface area (Å²) in [5.41, 5.74) is 5.55. The number of nitrogens with zero attached hydrogens (tertiary/aromatic N) is 1. The zero-order chi connectivity index (χ0) is 13.2. The van der Waals surface area contributed by atoms with Gasteiger partial charge in [0.2, 0.25) is 5.91 Å². The SMILES string of the molecule is CCN(Cc1ccc(Br)s1)C(=O)C1(CN)CCC1. The van der Waals surface area contributed by atoms with Gasteiger partial charge in [-0.15, -0.1) is 11.3 Å². The number of hydrogen-bond acceptors (Lipinski definition) is 3. The molecule has 1 amide bonds. The summed E-state index contributed by atoms with van der Waals surface area (Å²) in [6.45, 7) is 3.96. The minimum Gasteiger partial charge on any atom is -0.337 e. The summed E-state index contributed by atoms with van der Waals surface area (Å²) < 4.78 is 1.11. The first kappa shape index (κ1) is 14.0. The van der Waals surface area contributed by atoms with Crippen LogP contribution in [0.5, 0.6) is 0 Å². The van der Waals surface area contributed by atoms with Gasteiger partial charge in [-0.3, -0.25) is 4.79 Å². The summed E-state index contributed by atoms with van der Waals surface area (Å²) in [4.78, 5) is 15.7. The number of carbonyl (C=O) groups is 1. The van der Waals surface area contributed by atoms with Crippen molar-refractivity contribution < 1.29 is 4.79 Å². The highest BCUT2D eigenvalue weighted by atomic mass is 79.9. The van der Waals surface area contributed by atoms with Crippen molar-refractivity contribution in [1.82, 2.24) is 4.90 Å². The van der Waals surface area contributed by atoms with E-state index in [0.29, 0.717) is 13.1 Å². The lowest BCUT2D eigenvalue weighted by atomic mass is 9.68. The van der Waals surface area contributed by atoms with Crippen LogP contribution >= 0.6 is 27.3 Å². The Labute approximate surface area is 120 Å². The van der Waals surface area contributed by atoms with Crippen molar-refractivity contribution in [2.75, 3.05) is 13.1 Å². The Morgan fingerprint density at radius 3 is 2.67 bits per heavy atom. The molecular weight excluding hydrogens is 312 g/mol. The van der Waals surface area contributed by atoms with Crippen molar-refractivity contribution in [2.45, 2.75) is 32.7 Å². The van der Waals surface area contributed by atoms with Crippen molar-refractivity contribution in [3.8, 4) is 0 Å². The van der Waals surface area contributed by atoms with Crippen LogP contribution in [0.15, 0.2) is 15.9 Å². The lowest BCUT2D eigenvalue weighted by molar-refractivity contribution is -0.147. The van der Waals surface area contributed by atoms with Gasteiger partial charge in [-0.25, -0.2) is 0 Å². The Kier molecular flexibility index (Phi) is 4.45. The third kappa shape index (κ3) is 2.63. The number of carbonyl (C=O) groups excluding carboxylic acids is 1. The van der Waals surface area contributed by atoms with Crippen LogP contribution in [0.25, 0.3) is 0 Å². The molecule has 1 aromatic heterocycles. The van der Waals surface area contributed by atoms with Crippen LogP contribution in [-0.4, -0.2) is 23.9 Å². The largest absolute Gasteiger partial charge is 0.337 e. The van der Waals surface area contributed by atoms with Gasteiger partial charge in [0.15, 0.2) is 0 Å². The molecule has 1 saturated carbocycles. The van der Waals surface area contributed by atoms with E-state index in [-0.39, 0.29) is 11.3 Å². The lowest BCUT2D eigenvalue weighted by Crippen LogP contribution is -2.51. The Morgan fingerprint density at radius 1 is 1.56 bits per heavy atom. The molecule has 1 aliphatic carbocycles. The molecule has 1 aliphatic rings. The fraction of sp³-hybridized carbons (Fsp3) is 0.615. The lowest BCUT2D eigenvalue weighted by Gasteiger charge is -2.42. The summed E-state index contributed by atoms with van der Waals surface area (Å²) in [6.07, 6.45) is 3.03. The van der Waals surface area contributed by atoms with E-state index < -0.39 is 0 Å². The molecule has 0 radical (unpaired) electrons. The third-order valence-corrected chi connectivity index (χ3v) is 5.41. The van der Waals surface area contributed by atoms with E-state index in [1.54, 1.807) is 11.3 Å². The smallest absolute Gasteiger partial charge is 0.230 e. The maximum atomic E-state index is 12.6. The first-order valence-electron chi connectivity index (χ1n) is 6.35. The molecule has 1 heterocycles. The summed E-state index contributed by atoms with van der Waals surface area (Å²) in [7, 11) is 0. The van der Waals surface area contributed by atoms with E-state index in [1.807, 2.05) is 17.9 Å². The van der Waals surface area contributed by atoms with Gasteiger partial charge in [-0.05, 0) is 47.8 Å². The fourth-order valence-electron chi connectivity index (χ4n) is 2.40. The minimum atomic E-state index is -0.259. The topological polar surface area (TPSA) is 46.3 Å². The average molecular weight is 331 g/mol. The average Bonchev–Trinajstić information content (AvgIpc) is 2.71. The normalized spacial score (nSPS) is 17.3. The van der Waals surface area contributed by atoms with Gasteiger partial charge in [-0.2, -0.15) is 0 Å². The standard InChI is InChI=1S/C13H19BrN2OS/c1-2-16(8-10-4-5-11(14)18-10)12(17)13(9-15)6-3-7-13/h4-5H,2-3,6-9,15H2,1H3. The molecule has 3 nitrogen and oxygen atoms in total. The van der Waals surface area contributed by atoms with Crippen LogP contribution in [-0.2, 0) is 11.3 Å². The van der Waals surface area contributed by atoms with Crippen LogP contribution in [0.4, 0.5) is 0 Å². The maximum Gasteiger partial charge on any atom is 0.230 e. The molecule has 5 heteroatoms. The van der Waals surface area contributed by atoms with Gasteiger partial charge in [0.1, 0.15) is 0 Å². The highest BCUT2D eigenvalue weighted by Crippen LogP contribution is 2.41. The second kappa shape index (κ2) is 5.72. The maximum absolute atomic E-state index is 12.6. The van der Waals surface area contributed by atoms with Crippen LogP contribution in [0.1, 0.15) is 31.1 Å². The van der Waals surface area contributed by atoms with E-state index in [0.717, 1.165) is 29.6 Å². The number of halogens is 1. The molecule has 18 heavy (non-hydrogen) atoms. The molecule has 2 N–H and O–H groups in total. The Morgan fingerprint density at radius 2 is 2.28 bits per heavy atom. The molecule has 2 rings (SSSR count). The Balaban J connectivity index is 2.06. The van der Waals surface area contributed by atoms with Gasteiger partial charge in [-0.1, -0.05) is 6.42 Å². The van der Waals surface area contributed by atoms with E-state index >= 15 is 0 Å². The zero-order valence-electron chi connectivity index (χ0n) is 10.6. The fourth-order valence-corrected chi connectivity index (χ4v) is 3.90. The summed E-state index contributed by atoms with van der Waals surface area (Å²) >= 11 is 5.14. The van der Waals surface area contributed by atoms with Crippen LogP contribution in [0.2, 0.25) is 0 Å². The first-order valence-corrected chi connectivity index (χ1v) is 7.96. The number of thiophene rings is 1. The van der Waals surface area contributed by atoms with Crippen LogP contribution < -0.4 is 5.73 Å². The Hall–Kier alpha value is -0.390. The van der Waals surface area contributed by atoms with E-state index in [9.17, 15) is 4.79 Å². The van der Waals surface area contributed by atoms with E-state index in [2.05, 4.69) is 22.0 Å². The van der Waals surface area contributed by atoms with Crippen LogP contribution in [0, 0.1) is 5.41 Å². The van der Waals surface area contributed by atoms with Crippen molar-refractivity contribution in [3.05, 3.63) is 20.8 Å². The first-order chi connectivity index (χ1) is 8.61. The number of rotatable bonds is 5. The molecule has 100 valence electrons. The number of hydrogen-bond donors (Lipinski definition) is 1. The van der Waals surface area contributed by atoms with Crippen molar-refractivity contribution >= 4 is 33.2 Å². The summed E-state index contributed by atoms with van der Waals surface area (Å²) in [5.74, 6) is 0.239. The van der Waals surface area contributed by atoms with Crippen molar-refractivity contribution in [2.24, 2.45) is 11.1 Å². The molecule has 0 spiro atoms. The minimum absolute atomic E-state index is 0.239. The molecule has 0 saturated heterocycles. The molecule has 0 atom stereocenters. The van der Waals surface area contributed by atoms with Crippen molar-refractivity contribution in [3.63, 3.8) is 0 Å². The zero-order valence-corrected chi connectivity index (χ0v) is 13.0. The third-order valence-electron chi connectivity index (χ3n) is 3.80. The number of amides is 1. The predicted octanol–water partition coefficient (Wildman–Crippen LogP) is 2.99. The van der Waals surface area contributed by atoms with Gasteiger partial charge < -0.3 is 10.6 Å². The predicted molar refractivity (Wildman–Crippen MR) is 78.4 cm³/mol. The summed E-state index contributed by atoms with van der Waals surface area (Å²) in [6, 6.07) is 4.10. The molecular formula is C13H19BrN2OS. The molecule has 0 aliphatic heterocycles. The Bertz CT molecular complexity index is 423. The molecule has 0 aromatic carbocycles. The monoisotopic (exact) mass is 330 g/mol. The van der Waals surface area contributed by atoms with Gasteiger partial charge >= 0.3 is 0 Å². The molecule has 1 fully saturated rings. The van der Waals surface area contributed by atoms with E-state index in [4.69, 9.17) is 5.73 Å². The highest BCUT2D eigenvalue weighted by Gasteiger charge is 2.44. The van der Waals surface area contributed by atoms with Gasteiger partial charge in [0.25, 0.3) is 0 Å². The second-order valence-corrected chi connectivity index (χ2v) is 7.41. The highest BCUT2D eigenvalue weighted by molar-refractivity contribution is 9.11. The second-order valence-electron chi connectivity index (χ2n) is 4.86. The summed E-state index contributed by atoms with van der Waals surface area (Å²) in [5, 5.41) is 0. The number of nitrogens with two attached hydrogens (primary N) is 1. The molecule has 1 aromatic rings. The van der Waals surface area contributed by atoms with Crippen molar-refractivity contribution in [1.29, 1.82) is 0 Å². The van der Waals surface area contributed by atoms with Gasteiger partial charge in [0.05, 0.1) is 15.7 Å². The van der Waals surface area contributed by atoms with Gasteiger partial charge in [0, 0.05) is 18.0 Å².